The van der Waals surface area contributed by atoms with E-state index in [1.165, 1.54) is 4.68 Å². The van der Waals surface area contributed by atoms with Crippen LogP contribution in [-0.4, -0.2) is 27.2 Å². The number of aromatic nitrogens is 3. The molecule has 30 heavy (non-hydrogen) atoms. The van der Waals surface area contributed by atoms with E-state index < -0.39 is 0 Å². The zero-order chi connectivity index (χ0) is 21.3. The highest BCUT2D eigenvalue weighted by Gasteiger charge is 2.17. The number of halogens is 1. The summed E-state index contributed by atoms with van der Waals surface area (Å²) in [6, 6.07) is 18.3. The van der Waals surface area contributed by atoms with Crippen molar-refractivity contribution in [3.63, 3.8) is 0 Å². The number of ether oxygens (including phenoxy) is 2. The van der Waals surface area contributed by atoms with E-state index in [-0.39, 0.29) is 18.0 Å². The van der Waals surface area contributed by atoms with E-state index >= 15 is 4.39 Å². The van der Waals surface area contributed by atoms with E-state index in [2.05, 4.69) is 10.3 Å². The van der Waals surface area contributed by atoms with E-state index in [0.717, 1.165) is 17.1 Å². The van der Waals surface area contributed by atoms with Gasteiger partial charge in [0.2, 0.25) is 0 Å². The predicted molar refractivity (Wildman–Crippen MR) is 116 cm³/mol. The highest BCUT2D eigenvalue weighted by molar-refractivity contribution is 5.84. The second-order valence-corrected chi connectivity index (χ2v) is 7.65. The minimum absolute atomic E-state index is 0.0837. The molecule has 1 aromatic heterocycles. The molecular formula is C24H24FN3O2. The summed E-state index contributed by atoms with van der Waals surface area (Å²) in [7, 11) is 0. The molecule has 0 spiro atoms. The molecule has 0 bridgehead atoms. The Morgan fingerprint density at radius 2 is 1.33 bits per heavy atom. The Morgan fingerprint density at radius 1 is 0.767 bits per heavy atom. The molecule has 0 N–H and O–H groups in total. The zero-order valence-corrected chi connectivity index (χ0v) is 17.5. The van der Waals surface area contributed by atoms with E-state index in [1.807, 2.05) is 76.2 Å². The normalized spacial score (nSPS) is 11.4. The Labute approximate surface area is 175 Å². The van der Waals surface area contributed by atoms with Crippen LogP contribution in [0.15, 0.2) is 60.7 Å². The van der Waals surface area contributed by atoms with E-state index in [1.54, 1.807) is 12.1 Å². The fourth-order valence-electron chi connectivity index (χ4n) is 3.30. The molecule has 0 unspecified atom stereocenters. The Balaban J connectivity index is 1.72. The highest BCUT2D eigenvalue weighted by Crippen LogP contribution is 2.31. The van der Waals surface area contributed by atoms with Crippen LogP contribution in [0.4, 0.5) is 4.39 Å². The summed E-state index contributed by atoms with van der Waals surface area (Å²) < 4.78 is 28.4. The van der Waals surface area contributed by atoms with E-state index in [9.17, 15) is 0 Å². The van der Waals surface area contributed by atoms with Gasteiger partial charge >= 0.3 is 0 Å². The van der Waals surface area contributed by atoms with Gasteiger partial charge in [0.25, 0.3) is 0 Å². The molecule has 4 rings (SSSR count). The van der Waals surface area contributed by atoms with Crippen LogP contribution in [0.2, 0.25) is 0 Å². The maximum absolute atomic E-state index is 15.5. The summed E-state index contributed by atoms with van der Waals surface area (Å²) >= 11 is 0. The van der Waals surface area contributed by atoms with Crippen molar-refractivity contribution < 1.29 is 13.9 Å². The Hall–Kier alpha value is -3.41. The molecule has 0 amide bonds. The Morgan fingerprint density at radius 3 is 1.90 bits per heavy atom. The lowest BCUT2D eigenvalue weighted by Gasteiger charge is -2.11. The van der Waals surface area contributed by atoms with Gasteiger partial charge in [-0.05, 0) is 81.8 Å². The van der Waals surface area contributed by atoms with Gasteiger partial charge in [0.05, 0.1) is 17.9 Å². The average Bonchev–Trinajstić information content (AvgIpc) is 3.14. The SMILES string of the molecule is CC(C)Oc1ccc(-c2ccc3nnn(-c4ccc(OC(C)C)cc4)c3c2F)cc1. The molecule has 0 aliphatic rings. The zero-order valence-electron chi connectivity index (χ0n) is 17.5. The third-order valence-corrected chi connectivity index (χ3v) is 4.54. The Kier molecular flexibility index (Phi) is 5.40. The van der Waals surface area contributed by atoms with Gasteiger partial charge in [0, 0.05) is 5.56 Å². The average molecular weight is 405 g/mol. The van der Waals surface area contributed by atoms with Crippen LogP contribution in [0.1, 0.15) is 27.7 Å². The van der Waals surface area contributed by atoms with Crippen molar-refractivity contribution in [1.82, 2.24) is 15.0 Å². The summed E-state index contributed by atoms with van der Waals surface area (Å²) in [6.07, 6.45) is 0.169. The second-order valence-electron chi connectivity index (χ2n) is 7.65. The number of fused-ring (bicyclic) bond motifs is 1. The molecule has 0 aliphatic carbocycles. The lowest BCUT2D eigenvalue weighted by atomic mass is 10.0. The maximum Gasteiger partial charge on any atom is 0.159 e. The predicted octanol–water partition coefficient (Wildman–Crippen LogP) is 5.80. The van der Waals surface area contributed by atoms with Crippen LogP contribution < -0.4 is 9.47 Å². The maximum atomic E-state index is 15.5. The lowest BCUT2D eigenvalue weighted by Crippen LogP contribution is -2.05. The van der Waals surface area contributed by atoms with Crippen LogP contribution in [0.5, 0.6) is 11.5 Å². The van der Waals surface area contributed by atoms with Gasteiger partial charge in [0.15, 0.2) is 5.82 Å². The van der Waals surface area contributed by atoms with Gasteiger partial charge in [-0.3, -0.25) is 0 Å². The summed E-state index contributed by atoms with van der Waals surface area (Å²) in [5.41, 5.74) is 2.80. The van der Waals surface area contributed by atoms with Gasteiger partial charge in [-0.1, -0.05) is 17.3 Å². The van der Waals surface area contributed by atoms with Crippen LogP contribution in [0.25, 0.3) is 27.8 Å². The molecule has 154 valence electrons. The van der Waals surface area contributed by atoms with Crippen molar-refractivity contribution in [2.75, 3.05) is 0 Å². The van der Waals surface area contributed by atoms with Gasteiger partial charge in [0.1, 0.15) is 22.5 Å². The van der Waals surface area contributed by atoms with Gasteiger partial charge in [-0.15, -0.1) is 5.10 Å². The van der Waals surface area contributed by atoms with Crippen LogP contribution in [0, 0.1) is 5.82 Å². The first-order valence-electron chi connectivity index (χ1n) is 10.0. The monoisotopic (exact) mass is 405 g/mol. The molecule has 0 fully saturated rings. The number of hydrogen-bond donors (Lipinski definition) is 0. The Bertz CT molecular complexity index is 1150. The van der Waals surface area contributed by atoms with Crippen LogP contribution in [-0.2, 0) is 0 Å². The lowest BCUT2D eigenvalue weighted by molar-refractivity contribution is 0.242. The smallest absolute Gasteiger partial charge is 0.159 e. The van der Waals surface area contributed by atoms with Crippen molar-refractivity contribution in [1.29, 1.82) is 0 Å². The van der Waals surface area contributed by atoms with Gasteiger partial charge in [-0.25, -0.2) is 9.07 Å². The van der Waals surface area contributed by atoms with Crippen LogP contribution in [0.3, 0.4) is 0 Å². The van der Waals surface area contributed by atoms with Crippen molar-refractivity contribution in [2.45, 2.75) is 39.9 Å². The molecule has 0 radical (unpaired) electrons. The molecule has 5 nitrogen and oxygen atoms in total. The van der Waals surface area contributed by atoms with E-state index in [0.29, 0.717) is 22.3 Å². The molecule has 1 heterocycles. The third kappa shape index (κ3) is 3.99. The fraction of sp³-hybridized carbons (Fsp3) is 0.250. The molecule has 0 aliphatic heterocycles. The van der Waals surface area contributed by atoms with E-state index in [4.69, 9.17) is 9.47 Å². The quantitative estimate of drug-likeness (QED) is 0.407. The summed E-state index contributed by atoms with van der Waals surface area (Å²) in [5, 5.41) is 8.29. The molecule has 4 aromatic rings. The molecule has 6 heteroatoms. The summed E-state index contributed by atoms with van der Waals surface area (Å²) in [5.74, 6) is 1.14. The minimum Gasteiger partial charge on any atom is -0.491 e. The van der Waals surface area contributed by atoms with Crippen molar-refractivity contribution in [2.24, 2.45) is 0 Å². The first kappa shape index (κ1) is 19.9. The molecule has 3 aromatic carbocycles. The molecular weight excluding hydrogens is 381 g/mol. The topological polar surface area (TPSA) is 49.2 Å². The summed E-state index contributed by atoms with van der Waals surface area (Å²) in [4.78, 5) is 0. The second kappa shape index (κ2) is 8.14. The molecule has 0 atom stereocenters. The number of benzene rings is 3. The first-order valence-corrected chi connectivity index (χ1v) is 10.0. The van der Waals surface area contributed by atoms with Crippen molar-refractivity contribution in [3.8, 4) is 28.3 Å². The standard InChI is InChI=1S/C24H24FN3O2/c1-15(2)29-19-9-5-17(6-10-19)21-13-14-22-24(23(21)25)28(27-26-22)18-7-11-20(12-8-18)30-16(3)4/h5-16H,1-4H3. The first-order chi connectivity index (χ1) is 14.4. The highest BCUT2D eigenvalue weighted by atomic mass is 19.1. The third-order valence-electron chi connectivity index (χ3n) is 4.54. The summed E-state index contributed by atoms with van der Waals surface area (Å²) in [6.45, 7) is 7.88. The fourth-order valence-corrected chi connectivity index (χ4v) is 3.30. The molecule has 0 saturated heterocycles. The van der Waals surface area contributed by atoms with Crippen LogP contribution >= 0.6 is 0 Å². The largest absolute Gasteiger partial charge is 0.491 e. The van der Waals surface area contributed by atoms with Gasteiger partial charge in [-0.2, -0.15) is 0 Å². The van der Waals surface area contributed by atoms with Crippen molar-refractivity contribution in [3.05, 3.63) is 66.5 Å². The van der Waals surface area contributed by atoms with Crippen molar-refractivity contribution >= 4 is 11.0 Å². The number of hydrogen-bond acceptors (Lipinski definition) is 4. The molecule has 0 saturated carbocycles. The number of nitrogens with zero attached hydrogens (tertiary/aromatic N) is 3. The minimum atomic E-state index is -0.363. The van der Waals surface area contributed by atoms with Gasteiger partial charge < -0.3 is 9.47 Å². The number of rotatable bonds is 6.